The SMILES string of the molecule is c1cncc(-c2nnc([C@H]3CCN(Cc4cccs4)C3)o2)c1. The van der Waals surface area contributed by atoms with Gasteiger partial charge in [-0.1, -0.05) is 6.07 Å². The van der Waals surface area contributed by atoms with Crippen molar-refractivity contribution in [3.63, 3.8) is 0 Å². The van der Waals surface area contributed by atoms with Crippen LogP contribution in [0.2, 0.25) is 0 Å². The maximum absolute atomic E-state index is 5.85. The molecule has 1 saturated heterocycles. The molecule has 1 atom stereocenters. The zero-order valence-electron chi connectivity index (χ0n) is 12.1. The van der Waals surface area contributed by atoms with Crippen LogP contribution in [0.4, 0.5) is 0 Å². The first-order chi connectivity index (χ1) is 10.9. The molecule has 0 aromatic carbocycles. The Balaban J connectivity index is 1.44. The summed E-state index contributed by atoms with van der Waals surface area (Å²) in [5.41, 5.74) is 0.870. The van der Waals surface area contributed by atoms with Crippen LogP contribution >= 0.6 is 11.3 Å². The molecule has 0 aliphatic carbocycles. The number of hydrogen-bond acceptors (Lipinski definition) is 6. The predicted octanol–water partition coefficient (Wildman–Crippen LogP) is 3.18. The van der Waals surface area contributed by atoms with Crippen LogP contribution in [-0.4, -0.2) is 33.2 Å². The normalized spacial score (nSPS) is 18.8. The van der Waals surface area contributed by atoms with Crippen molar-refractivity contribution in [1.82, 2.24) is 20.1 Å². The second kappa shape index (κ2) is 5.98. The quantitative estimate of drug-likeness (QED) is 0.740. The van der Waals surface area contributed by atoms with Gasteiger partial charge in [0.1, 0.15) is 0 Å². The lowest BCUT2D eigenvalue weighted by Gasteiger charge is -2.13. The second-order valence-electron chi connectivity index (χ2n) is 5.49. The Hall–Kier alpha value is -2.05. The Morgan fingerprint density at radius 1 is 1.27 bits per heavy atom. The Morgan fingerprint density at radius 3 is 3.09 bits per heavy atom. The van der Waals surface area contributed by atoms with E-state index < -0.39 is 0 Å². The summed E-state index contributed by atoms with van der Waals surface area (Å²) in [4.78, 5) is 7.94. The third kappa shape index (κ3) is 2.80. The summed E-state index contributed by atoms with van der Waals surface area (Å²) in [7, 11) is 0. The first kappa shape index (κ1) is 13.6. The van der Waals surface area contributed by atoms with Crippen LogP contribution in [0.5, 0.6) is 0 Å². The molecule has 4 rings (SSSR count). The third-order valence-corrected chi connectivity index (χ3v) is 4.79. The number of aromatic nitrogens is 3. The number of likely N-dealkylation sites (tertiary alicyclic amines) is 1. The van der Waals surface area contributed by atoms with Crippen LogP contribution in [0, 0.1) is 0 Å². The minimum atomic E-state index is 0.331. The monoisotopic (exact) mass is 312 g/mol. The smallest absolute Gasteiger partial charge is 0.249 e. The van der Waals surface area contributed by atoms with E-state index in [1.165, 1.54) is 4.88 Å². The number of pyridine rings is 1. The summed E-state index contributed by atoms with van der Waals surface area (Å²) in [6.07, 6.45) is 4.55. The van der Waals surface area contributed by atoms with E-state index in [4.69, 9.17) is 4.42 Å². The van der Waals surface area contributed by atoms with Crippen molar-refractivity contribution in [3.8, 4) is 11.5 Å². The van der Waals surface area contributed by atoms with E-state index in [0.29, 0.717) is 11.8 Å². The molecule has 3 aromatic rings. The molecule has 6 heteroatoms. The van der Waals surface area contributed by atoms with E-state index >= 15 is 0 Å². The summed E-state index contributed by atoms with van der Waals surface area (Å²) in [6, 6.07) is 8.09. The maximum Gasteiger partial charge on any atom is 0.249 e. The van der Waals surface area contributed by atoms with Gasteiger partial charge < -0.3 is 4.42 Å². The molecule has 3 aromatic heterocycles. The Morgan fingerprint density at radius 2 is 2.27 bits per heavy atom. The molecule has 1 aliphatic heterocycles. The molecule has 0 amide bonds. The van der Waals surface area contributed by atoms with Gasteiger partial charge >= 0.3 is 0 Å². The van der Waals surface area contributed by atoms with Gasteiger partial charge in [0.25, 0.3) is 0 Å². The van der Waals surface area contributed by atoms with Crippen molar-refractivity contribution < 1.29 is 4.42 Å². The van der Waals surface area contributed by atoms with Gasteiger partial charge in [-0.05, 0) is 36.5 Å². The number of rotatable bonds is 4. The van der Waals surface area contributed by atoms with E-state index in [-0.39, 0.29) is 0 Å². The molecule has 5 nitrogen and oxygen atoms in total. The molecule has 0 saturated carbocycles. The van der Waals surface area contributed by atoms with Gasteiger partial charge in [-0.15, -0.1) is 21.5 Å². The van der Waals surface area contributed by atoms with E-state index in [0.717, 1.165) is 37.5 Å². The number of nitrogens with zero attached hydrogens (tertiary/aromatic N) is 4. The van der Waals surface area contributed by atoms with Crippen molar-refractivity contribution >= 4 is 11.3 Å². The lowest BCUT2D eigenvalue weighted by Crippen LogP contribution is -2.19. The lowest BCUT2D eigenvalue weighted by molar-refractivity contribution is 0.323. The van der Waals surface area contributed by atoms with Crippen LogP contribution in [0.15, 0.2) is 46.5 Å². The van der Waals surface area contributed by atoms with Gasteiger partial charge in [0.15, 0.2) is 0 Å². The van der Waals surface area contributed by atoms with Crippen LogP contribution in [0.25, 0.3) is 11.5 Å². The van der Waals surface area contributed by atoms with Crippen molar-refractivity contribution in [1.29, 1.82) is 0 Å². The van der Waals surface area contributed by atoms with Crippen molar-refractivity contribution in [2.24, 2.45) is 0 Å². The van der Waals surface area contributed by atoms with E-state index in [1.807, 2.05) is 23.5 Å². The Labute approximate surface area is 132 Å². The highest BCUT2D eigenvalue weighted by molar-refractivity contribution is 7.09. The maximum atomic E-state index is 5.85. The fourth-order valence-electron chi connectivity index (χ4n) is 2.81. The second-order valence-corrected chi connectivity index (χ2v) is 6.52. The van der Waals surface area contributed by atoms with E-state index in [1.54, 1.807) is 12.4 Å². The highest BCUT2D eigenvalue weighted by atomic mass is 32.1. The molecule has 0 radical (unpaired) electrons. The molecular weight excluding hydrogens is 296 g/mol. The molecule has 0 N–H and O–H groups in total. The average molecular weight is 312 g/mol. The number of hydrogen-bond donors (Lipinski definition) is 0. The highest BCUT2D eigenvalue weighted by Crippen LogP contribution is 2.29. The average Bonchev–Trinajstić information content (AvgIpc) is 3.30. The third-order valence-electron chi connectivity index (χ3n) is 3.93. The minimum absolute atomic E-state index is 0.331. The molecule has 112 valence electrons. The Bertz CT molecular complexity index is 726. The number of thiophene rings is 1. The topological polar surface area (TPSA) is 55.1 Å². The van der Waals surface area contributed by atoms with Crippen LogP contribution < -0.4 is 0 Å². The molecule has 0 unspecified atom stereocenters. The molecule has 4 heterocycles. The molecule has 1 fully saturated rings. The van der Waals surface area contributed by atoms with Crippen LogP contribution in [0.3, 0.4) is 0 Å². The largest absolute Gasteiger partial charge is 0.420 e. The van der Waals surface area contributed by atoms with Crippen molar-refractivity contribution in [2.75, 3.05) is 13.1 Å². The first-order valence-electron chi connectivity index (χ1n) is 7.37. The minimum Gasteiger partial charge on any atom is -0.420 e. The van der Waals surface area contributed by atoms with Crippen molar-refractivity contribution in [2.45, 2.75) is 18.9 Å². The zero-order valence-corrected chi connectivity index (χ0v) is 12.9. The molecule has 1 aliphatic rings. The van der Waals surface area contributed by atoms with Gasteiger partial charge in [-0.2, -0.15) is 0 Å². The van der Waals surface area contributed by atoms with Gasteiger partial charge in [-0.25, -0.2) is 0 Å². The van der Waals surface area contributed by atoms with Gasteiger partial charge in [-0.3, -0.25) is 9.88 Å². The van der Waals surface area contributed by atoms with Gasteiger partial charge in [0.05, 0.1) is 11.5 Å². The van der Waals surface area contributed by atoms with Gasteiger partial charge in [0, 0.05) is 30.4 Å². The molecule has 22 heavy (non-hydrogen) atoms. The highest BCUT2D eigenvalue weighted by Gasteiger charge is 2.28. The van der Waals surface area contributed by atoms with E-state index in [9.17, 15) is 0 Å². The fourth-order valence-corrected chi connectivity index (χ4v) is 3.55. The Kier molecular flexibility index (Phi) is 3.70. The predicted molar refractivity (Wildman–Crippen MR) is 84.5 cm³/mol. The molecule has 0 bridgehead atoms. The van der Waals surface area contributed by atoms with Gasteiger partial charge in [0.2, 0.25) is 11.8 Å². The van der Waals surface area contributed by atoms with Crippen LogP contribution in [-0.2, 0) is 6.54 Å². The first-order valence-corrected chi connectivity index (χ1v) is 8.25. The summed E-state index contributed by atoms with van der Waals surface area (Å²) < 4.78 is 5.85. The summed E-state index contributed by atoms with van der Waals surface area (Å²) in [5.74, 6) is 1.63. The molecule has 0 spiro atoms. The fraction of sp³-hybridized carbons (Fsp3) is 0.312. The lowest BCUT2D eigenvalue weighted by atomic mass is 10.1. The van der Waals surface area contributed by atoms with Crippen LogP contribution in [0.1, 0.15) is 23.1 Å². The summed E-state index contributed by atoms with van der Waals surface area (Å²) in [6.45, 7) is 3.07. The van der Waals surface area contributed by atoms with Crippen molar-refractivity contribution in [3.05, 3.63) is 52.8 Å². The standard InChI is InChI=1S/C16H16N4OS/c1-3-12(9-17-6-1)15-18-19-16(21-15)13-5-7-20(10-13)11-14-4-2-8-22-14/h1-4,6,8-9,13H,5,7,10-11H2/t13-/m0/s1. The zero-order chi connectivity index (χ0) is 14.8. The summed E-state index contributed by atoms with van der Waals surface area (Å²) >= 11 is 1.81. The van der Waals surface area contributed by atoms with E-state index in [2.05, 4.69) is 37.6 Å². The molecular formula is C16H16N4OS. The summed E-state index contributed by atoms with van der Waals surface area (Å²) in [5, 5.41) is 10.5.